The van der Waals surface area contributed by atoms with E-state index in [0.717, 1.165) is 12.1 Å². The van der Waals surface area contributed by atoms with Crippen LogP contribution in [0.5, 0.6) is 0 Å². The van der Waals surface area contributed by atoms with E-state index in [0.29, 0.717) is 12.2 Å². The normalized spacial score (nSPS) is 11.5. The molecule has 0 aliphatic carbocycles. The predicted octanol–water partition coefficient (Wildman–Crippen LogP) is 1.75. The van der Waals surface area contributed by atoms with E-state index in [2.05, 4.69) is 10.6 Å². The molecule has 3 amide bonds. The van der Waals surface area contributed by atoms with Gasteiger partial charge < -0.3 is 21.1 Å². The van der Waals surface area contributed by atoms with Gasteiger partial charge in [-0.2, -0.15) is 11.8 Å². The van der Waals surface area contributed by atoms with Gasteiger partial charge in [-0.1, -0.05) is 11.6 Å². The van der Waals surface area contributed by atoms with E-state index in [1.807, 2.05) is 6.26 Å². The van der Waals surface area contributed by atoms with Crippen LogP contribution in [0, 0.1) is 5.82 Å². The van der Waals surface area contributed by atoms with Crippen molar-refractivity contribution in [1.29, 1.82) is 0 Å². The zero-order chi connectivity index (χ0) is 18.1. The number of hydrogen-bond acceptors (Lipinski definition) is 5. The summed E-state index contributed by atoms with van der Waals surface area (Å²) in [6.45, 7) is -0.581. The Labute approximate surface area is 147 Å². The molecule has 10 heteroatoms. The van der Waals surface area contributed by atoms with Crippen molar-refractivity contribution in [2.45, 2.75) is 12.5 Å². The molecule has 1 aromatic carbocycles. The van der Waals surface area contributed by atoms with Crippen molar-refractivity contribution in [3.8, 4) is 0 Å². The summed E-state index contributed by atoms with van der Waals surface area (Å²) in [4.78, 5) is 34.5. The Morgan fingerprint density at radius 1 is 1.42 bits per heavy atom. The van der Waals surface area contributed by atoms with Crippen molar-refractivity contribution >= 4 is 47.0 Å². The number of anilines is 1. The number of esters is 1. The second-order valence-corrected chi connectivity index (χ2v) is 6.02. The third-order valence-corrected chi connectivity index (χ3v) is 3.72. The Hall–Kier alpha value is -2.00. The number of benzene rings is 1. The topological polar surface area (TPSA) is 111 Å². The number of primary amides is 1. The van der Waals surface area contributed by atoms with Gasteiger partial charge in [0.2, 0.25) is 0 Å². The molecule has 132 valence electrons. The summed E-state index contributed by atoms with van der Waals surface area (Å²) in [5.41, 5.74) is 5.19. The first-order valence-corrected chi connectivity index (χ1v) is 8.57. The van der Waals surface area contributed by atoms with E-state index < -0.39 is 36.4 Å². The fraction of sp³-hybridized carbons (Fsp3) is 0.357. The van der Waals surface area contributed by atoms with Crippen LogP contribution in [0.15, 0.2) is 18.2 Å². The Morgan fingerprint density at radius 2 is 2.12 bits per heavy atom. The van der Waals surface area contributed by atoms with E-state index in [1.54, 1.807) is 0 Å². The van der Waals surface area contributed by atoms with Gasteiger partial charge in [0.1, 0.15) is 11.9 Å². The van der Waals surface area contributed by atoms with Gasteiger partial charge in [0.15, 0.2) is 6.61 Å². The highest BCUT2D eigenvalue weighted by Crippen LogP contribution is 2.22. The van der Waals surface area contributed by atoms with Gasteiger partial charge in [-0.15, -0.1) is 0 Å². The number of thioether (sulfide) groups is 1. The number of halogens is 2. The smallest absolute Gasteiger partial charge is 0.329 e. The fourth-order valence-corrected chi connectivity index (χ4v) is 2.36. The maximum absolute atomic E-state index is 12.9. The highest BCUT2D eigenvalue weighted by atomic mass is 35.5. The van der Waals surface area contributed by atoms with Crippen molar-refractivity contribution in [2.75, 3.05) is 23.9 Å². The molecule has 7 nitrogen and oxygen atoms in total. The van der Waals surface area contributed by atoms with Crippen LogP contribution in [0.2, 0.25) is 5.02 Å². The molecule has 0 spiro atoms. The van der Waals surface area contributed by atoms with Crippen molar-refractivity contribution < 1.29 is 23.5 Å². The van der Waals surface area contributed by atoms with Crippen molar-refractivity contribution in [2.24, 2.45) is 5.73 Å². The van der Waals surface area contributed by atoms with Crippen molar-refractivity contribution in [1.82, 2.24) is 5.32 Å². The molecule has 0 saturated heterocycles. The molecule has 0 aromatic heterocycles. The Kier molecular flexibility index (Phi) is 8.34. The first-order chi connectivity index (χ1) is 11.3. The average Bonchev–Trinajstić information content (AvgIpc) is 2.51. The Balaban J connectivity index is 2.54. The first kappa shape index (κ1) is 20.0. The van der Waals surface area contributed by atoms with Crippen LogP contribution in [-0.4, -0.2) is 42.6 Å². The number of amides is 3. The number of carbonyl (C=O) groups is 3. The summed E-state index contributed by atoms with van der Waals surface area (Å²) >= 11 is 7.25. The minimum Gasteiger partial charge on any atom is -0.454 e. The van der Waals surface area contributed by atoms with Gasteiger partial charge in [-0.3, -0.25) is 4.79 Å². The minimum atomic E-state index is -0.933. The van der Waals surface area contributed by atoms with Gasteiger partial charge in [-0.25, -0.2) is 14.0 Å². The maximum atomic E-state index is 12.9. The lowest BCUT2D eigenvalue weighted by atomic mass is 10.2. The van der Waals surface area contributed by atoms with E-state index >= 15 is 0 Å². The third-order valence-electron chi connectivity index (χ3n) is 2.76. The molecule has 0 aliphatic rings. The molecular formula is C14H17ClFN3O4S. The predicted molar refractivity (Wildman–Crippen MR) is 90.5 cm³/mol. The van der Waals surface area contributed by atoms with Gasteiger partial charge in [-0.05, 0) is 36.6 Å². The van der Waals surface area contributed by atoms with Crippen LogP contribution >= 0.6 is 23.4 Å². The molecule has 0 saturated carbocycles. The molecule has 0 unspecified atom stereocenters. The van der Waals surface area contributed by atoms with Crippen molar-refractivity contribution in [3.05, 3.63) is 29.0 Å². The molecular weight excluding hydrogens is 361 g/mol. The molecule has 1 aromatic rings. The largest absolute Gasteiger partial charge is 0.454 e. The number of urea groups is 1. The lowest BCUT2D eigenvalue weighted by molar-refractivity contribution is -0.149. The van der Waals surface area contributed by atoms with Gasteiger partial charge in [0.05, 0.1) is 10.7 Å². The molecule has 0 bridgehead atoms. The number of hydrogen-bond donors (Lipinski definition) is 3. The molecule has 0 heterocycles. The molecule has 4 N–H and O–H groups in total. The van der Waals surface area contributed by atoms with E-state index in [9.17, 15) is 18.8 Å². The van der Waals surface area contributed by atoms with Gasteiger partial charge >= 0.3 is 12.0 Å². The van der Waals surface area contributed by atoms with E-state index in [1.165, 1.54) is 17.8 Å². The van der Waals surface area contributed by atoms with Gasteiger partial charge in [0.25, 0.3) is 5.91 Å². The summed E-state index contributed by atoms with van der Waals surface area (Å²) in [6, 6.07) is 1.66. The summed E-state index contributed by atoms with van der Waals surface area (Å²) in [7, 11) is 0. The van der Waals surface area contributed by atoms with E-state index in [4.69, 9.17) is 22.1 Å². The van der Waals surface area contributed by atoms with Crippen LogP contribution in [0.3, 0.4) is 0 Å². The van der Waals surface area contributed by atoms with E-state index in [-0.39, 0.29) is 10.7 Å². The number of nitrogens with two attached hydrogens (primary N) is 1. The van der Waals surface area contributed by atoms with Crippen LogP contribution in [0.4, 0.5) is 14.9 Å². The van der Waals surface area contributed by atoms with Crippen molar-refractivity contribution in [3.63, 3.8) is 0 Å². The number of carbonyl (C=O) groups excluding carboxylic acids is 3. The summed E-state index contributed by atoms with van der Waals surface area (Å²) in [5, 5.41) is 4.66. The number of nitrogens with one attached hydrogen (secondary N) is 2. The molecule has 1 atom stereocenters. The maximum Gasteiger partial charge on any atom is 0.329 e. The van der Waals surface area contributed by atoms with Gasteiger partial charge in [0, 0.05) is 0 Å². The minimum absolute atomic E-state index is 0.0166. The number of ether oxygens (including phenoxy) is 1. The fourth-order valence-electron chi connectivity index (χ4n) is 1.67. The summed E-state index contributed by atoms with van der Waals surface area (Å²) in [5.74, 6) is -1.38. The summed E-state index contributed by atoms with van der Waals surface area (Å²) in [6.07, 6.45) is 2.15. The van der Waals surface area contributed by atoms with Crippen LogP contribution < -0.4 is 16.4 Å². The highest BCUT2D eigenvalue weighted by molar-refractivity contribution is 7.98. The van der Waals surface area contributed by atoms with Crippen LogP contribution in [0.25, 0.3) is 0 Å². The lowest BCUT2D eigenvalue weighted by Gasteiger charge is -2.16. The third kappa shape index (κ3) is 7.05. The standard InChI is InChI=1S/C14H17ClFN3O4S/c1-24-5-4-11(19-14(17)22)13(21)23-7-12(20)18-10-3-2-8(16)6-9(10)15/h2-3,6,11H,4-5,7H2,1H3,(H,18,20)(H3,17,19,22)/t11-/m1/s1. The summed E-state index contributed by atoms with van der Waals surface area (Å²) < 4.78 is 17.8. The Bertz CT molecular complexity index is 618. The molecule has 24 heavy (non-hydrogen) atoms. The zero-order valence-electron chi connectivity index (χ0n) is 12.8. The monoisotopic (exact) mass is 377 g/mol. The molecule has 0 aliphatic heterocycles. The molecule has 0 fully saturated rings. The average molecular weight is 378 g/mol. The molecule has 0 radical (unpaired) electrons. The molecule has 1 rings (SSSR count). The second-order valence-electron chi connectivity index (χ2n) is 4.62. The van der Waals surface area contributed by atoms with Crippen LogP contribution in [0.1, 0.15) is 6.42 Å². The van der Waals surface area contributed by atoms with Crippen LogP contribution in [-0.2, 0) is 14.3 Å². The lowest BCUT2D eigenvalue weighted by Crippen LogP contribution is -2.45. The number of rotatable bonds is 8. The highest BCUT2D eigenvalue weighted by Gasteiger charge is 2.22. The second kappa shape index (κ2) is 9.99. The first-order valence-electron chi connectivity index (χ1n) is 6.80. The quantitative estimate of drug-likeness (QED) is 0.598. The Morgan fingerprint density at radius 3 is 2.71 bits per heavy atom. The zero-order valence-corrected chi connectivity index (χ0v) is 14.4. The SMILES string of the molecule is CSCC[C@@H](NC(N)=O)C(=O)OCC(=O)Nc1ccc(F)cc1Cl.